The van der Waals surface area contributed by atoms with E-state index in [9.17, 15) is 4.79 Å². The summed E-state index contributed by atoms with van der Waals surface area (Å²) in [6, 6.07) is 17.8. The number of hydrogen-bond donors (Lipinski definition) is 0. The van der Waals surface area contributed by atoms with Crippen LogP contribution in [0, 0.1) is 20.8 Å². The lowest BCUT2D eigenvalue weighted by atomic mass is 9.98. The molecule has 0 radical (unpaired) electrons. The van der Waals surface area contributed by atoms with Crippen LogP contribution in [0.3, 0.4) is 0 Å². The molecule has 0 saturated carbocycles. The summed E-state index contributed by atoms with van der Waals surface area (Å²) in [4.78, 5) is 19.2. The minimum atomic E-state index is -0.0195. The number of aromatic nitrogens is 1. The van der Waals surface area contributed by atoms with Gasteiger partial charge in [0.15, 0.2) is 0 Å². The van der Waals surface area contributed by atoms with Crippen molar-refractivity contribution in [2.24, 2.45) is 0 Å². The molecule has 0 spiro atoms. The van der Waals surface area contributed by atoms with Gasteiger partial charge in [-0.1, -0.05) is 18.2 Å². The van der Waals surface area contributed by atoms with Gasteiger partial charge in [-0.05, 0) is 79.4 Å². The van der Waals surface area contributed by atoms with E-state index in [0.29, 0.717) is 12.1 Å². The van der Waals surface area contributed by atoms with Gasteiger partial charge in [0.05, 0.1) is 19.3 Å². The second kappa shape index (κ2) is 8.26. The molecule has 2 aromatic carbocycles. The van der Waals surface area contributed by atoms with E-state index < -0.39 is 0 Å². The van der Waals surface area contributed by atoms with Crippen LogP contribution < -0.4 is 4.74 Å². The van der Waals surface area contributed by atoms with Gasteiger partial charge in [0.1, 0.15) is 5.75 Å². The molecule has 0 bridgehead atoms. The fraction of sp³-hybridized carbons (Fsp3) is 0.250. The third kappa shape index (κ3) is 4.39. The zero-order valence-electron chi connectivity index (χ0n) is 17.1. The second-order valence-corrected chi connectivity index (χ2v) is 7.20. The number of pyridine rings is 1. The Kier molecular flexibility index (Phi) is 5.78. The molecule has 0 aliphatic carbocycles. The van der Waals surface area contributed by atoms with E-state index in [1.807, 2.05) is 82.4 Å². The summed E-state index contributed by atoms with van der Waals surface area (Å²) in [5, 5.41) is 0. The minimum absolute atomic E-state index is 0.0195. The lowest BCUT2D eigenvalue weighted by Crippen LogP contribution is -2.26. The van der Waals surface area contributed by atoms with Crippen molar-refractivity contribution in [3.63, 3.8) is 0 Å². The highest BCUT2D eigenvalue weighted by atomic mass is 16.5. The van der Waals surface area contributed by atoms with Crippen molar-refractivity contribution < 1.29 is 9.53 Å². The number of amides is 1. The van der Waals surface area contributed by atoms with E-state index in [1.54, 1.807) is 12.0 Å². The van der Waals surface area contributed by atoms with Crippen molar-refractivity contribution in [3.8, 4) is 16.9 Å². The largest absolute Gasteiger partial charge is 0.497 e. The highest BCUT2D eigenvalue weighted by Gasteiger charge is 2.14. The van der Waals surface area contributed by atoms with E-state index in [0.717, 1.165) is 39.4 Å². The Morgan fingerprint density at radius 3 is 2.50 bits per heavy atom. The molecule has 28 heavy (non-hydrogen) atoms. The van der Waals surface area contributed by atoms with E-state index in [-0.39, 0.29) is 5.91 Å². The third-order valence-electron chi connectivity index (χ3n) is 4.75. The fourth-order valence-electron chi connectivity index (χ4n) is 3.45. The molecule has 1 amide bonds. The van der Waals surface area contributed by atoms with Crippen LogP contribution in [-0.4, -0.2) is 29.9 Å². The summed E-state index contributed by atoms with van der Waals surface area (Å²) >= 11 is 0. The summed E-state index contributed by atoms with van der Waals surface area (Å²) in [5.74, 6) is 0.808. The Hall–Kier alpha value is -3.14. The summed E-state index contributed by atoms with van der Waals surface area (Å²) in [6.07, 6.45) is 0. The van der Waals surface area contributed by atoms with Gasteiger partial charge in [-0.25, -0.2) is 0 Å². The van der Waals surface area contributed by atoms with Gasteiger partial charge < -0.3 is 9.64 Å². The van der Waals surface area contributed by atoms with E-state index in [2.05, 4.69) is 4.98 Å². The number of rotatable bonds is 5. The van der Waals surface area contributed by atoms with E-state index in [1.165, 1.54) is 0 Å². The molecule has 0 fully saturated rings. The lowest BCUT2D eigenvalue weighted by Gasteiger charge is -2.18. The Bertz CT molecular complexity index is 991. The summed E-state index contributed by atoms with van der Waals surface area (Å²) in [6.45, 7) is 6.54. The van der Waals surface area contributed by atoms with Crippen molar-refractivity contribution in [1.29, 1.82) is 0 Å². The summed E-state index contributed by atoms with van der Waals surface area (Å²) in [7, 11) is 3.47. The first-order valence-electron chi connectivity index (χ1n) is 9.32. The van der Waals surface area contributed by atoms with Gasteiger partial charge in [0, 0.05) is 18.3 Å². The van der Waals surface area contributed by atoms with Gasteiger partial charge in [0.2, 0.25) is 0 Å². The first-order chi connectivity index (χ1) is 13.4. The van der Waals surface area contributed by atoms with E-state index in [4.69, 9.17) is 4.74 Å². The number of ether oxygens (including phenoxy) is 1. The molecule has 1 heterocycles. The molecule has 0 aliphatic rings. The molecule has 3 rings (SSSR count). The maximum Gasteiger partial charge on any atom is 0.253 e. The molecule has 1 aromatic heterocycles. The first-order valence-corrected chi connectivity index (χ1v) is 9.32. The number of benzene rings is 2. The van der Waals surface area contributed by atoms with Crippen LogP contribution in [0.25, 0.3) is 11.1 Å². The number of carbonyl (C=O) groups is 1. The number of aryl methyl sites for hydroxylation is 3. The van der Waals surface area contributed by atoms with E-state index >= 15 is 0 Å². The molecule has 0 saturated heterocycles. The molecule has 0 N–H and O–H groups in total. The Morgan fingerprint density at radius 2 is 1.82 bits per heavy atom. The summed E-state index contributed by atoms with van der Waals surface area (Å²) < 4.78 is 5.29. The average Bonchev–Trinajstić information content (AvgIpc) is 2.66. The summed E-state index contributed by atoms with van der Waals surface area (Å²) in [5.41, 5.74) is 6.90. The van der Waals surface area contributed by atoms with Crippen LogP contribution in [0.4, 0.5) is 0 Å². The molecule has 0 aliphatic heterocycles. The third-order valence-corrected chi connectivity index (χ3v) is 4.75. The van der Waals surface area contributed by atoms with Gasteiger partial charge in [0.25, 0.3) is 5.91 Å². The quantitative estimate of drug-likeness (QED) is 0.634. The normalized spacial score (nSPS) is 10.6. The first kappa shape index (κ1) is 19.6. The van der Waals surface area contributed by atoms with Crippen LogP contribution in [0.15, 0.2) is 54.6 Å². The molecular formula is C24H26N2O2. The van der Waals surface area contributed by atoms with Gasteiger partial charge >= 0.3 is 0 Å². The fourth-order valence-corrected chi connectivity index (χ4v) is 3.45. The van der Waals surface area contributed by atoms with Crippen molar-refractivity contribution in [2.75, 3.05) is 14.2 Å². The minimum Gasteiger partial charge on any atom is -0.497 e. The van der Waals surface area contributed by atoms with Crippen LogP contribution in [0.2, 0.25) is 0 Å². The van der Waals surface area contributed by atoms with Gasteiger partial charge in [-0.2, -0.15) is 0 Å². The Morgan fingerprint density at radius 1 is 1.04 bits per heavy atom. The van der Waals surface area contributed by atoms with Crippen molar-refractivity contribution in [2.45, 2.75) is 27.3 Å². The Balaban J connectivity index is 1.83. The smallest absolute Gasteiger partial charge is 0.253 e. The molecule has 0 unspecified atom stereocenters. The number of hydrogen-bond acceptors (Lipinski definition) is 3. The maximum absolute atomic E-state index is 13.0. The van der Waals surface area contributed by atoms with Crippen molar-refractivity contribution in [3.05, 3.63) is 82.7 Å². The SMILES string of the molecule is COc1ccc(-c2cccc(C(=O)N(C)Cc3cc(C)cc(C)n3)c2)c(C)c1. The van der Waals surface area contributed by atoms with Crippen molar-refractivity contribution in [1.82, 2.24) is 9.88 Å². The molecule has 0 atom stereocenters. The highest BCUT2D eigenvalue weighted by Crippen LogP contribution is 2.27. The van der Waals surface area contributed by atoms with Crippen LogP contribution in [0.1, 0.15) is 32.9 Å². The zero-order valence-corrected chi connectivity index (χ0v) is 17.1. The number of methoxy groups -OCH3 is 1. The van der Waals surface area contributed by atoms with Crippen LogP contribution >= 0.6 is 0 Å². The molecule has 144 valence electrons. The number of nitrogens with zero attached hydrogens (tertiary/aromatic N) is 2. The van der Waals surface area contributed by atoms with Crippen LogP contribution in [0.5, 0.6) is 5.75 Å². The molecular weight excluding hydrogens is 348 g/mol. The topological polar surface area (TPSA) is 42.4 Å². The molecule has 4 nitrogen and oxygen atoms in total. The Labute approximate surface area is 166 Å². The highest BCUT2D eigenvalue weighted by molar-refractivity contribution is 5.95. The maximum atomic E-state index is 13.0. The monoisotopic (exact) mass is 374 g/mol. The van der Waals surface area contributed by atoms with Gasteiger partial charge in [-0.15, -0.1) is 0 Å². The molecule has 3 aromatic rings. The average molecular weight is 374 g/mol. The number of carbonyl (C=O) groups excluding carboxylic acids is 1. The predicted octanol–water partition coefficient (Wildman–Crippen LogP) is 4.95. The molecule has 4 heteroatoms. The zero-order chi connectivity index (χ0) is 20.3. The standard InChI is InChI=1S/C24H26N2O2/c1-16-11-18(3)25-21(12-16)15-26(4)24(27)20-8-6-7-19(14-20)23-10-9-22(28-5)13-17(23)2/h6-14H,15H2,1-5H3. The van der Waals surface area contributed by atoms with Crippen molar-refractivity contribution >= 4 is 5.91 Å². The predicted molar refractivity (Wildman–Crippen MR) is 113 cm³/mol. The van der Waals surface area contributed by atoms with Gasteiger partial charge in [-0.3, -0.25) is 9.78 Å². The lowest BCUT2D eigenvalue weighted by molar-refractivity contribution is 0.0783. The van der Waals surface area contributed by atoms with Crippen LogP contribution in [-0.2, 0) is 6.54 Å². The second-order valence-electron chi connectivity index (χ2n) is 7.20.